The summed E-state index contributed by atoms with van der Waals surface area (Å²) in [5, 5.41) is 9.72. The number of carbonyl (C=O) groups is 1. The van der Waals surface area contributed by atoms with E-state index in [1.54, 1.807) is 12.1 Å². The minimum Gasteiger partial charge on any atom is -0.508 e. The van der Waals surface area contributed by atoms with Crippen molar-refractivity contribution >= 4 is 17.3 Å². The molecule has 0 saturated carbocycles. The summed E-state index contributed by atoms with van der Waals surface area (Å²) in [7, 11) is 0. The SMILES string of the molecule is O=C(CN1CCOc2cc(O)ccc2C1)N1c2ccccc2CCc2ccccc21. The van der Waals surface area contributed by atoms with Crippen molar-refractivity contribution in [2.45, 2.75) is 19.4 Å². The molecule has 1 N–H and O–H groups in total. The number of anilines is 2. The van der Waals surface area contributed by atoms with Gasteiger partial charge in [-0.05, 0) is 42.2 Å². The van der Waals surface area contributed by atoms with Crippen LogP contribution in [0.5, 0.6) is 11.5 Å². The third-order valence-corrected chi connectivity index (χ3v) is 5.85. The number of aromatic hydroxyl groups is 1. The Morgan fingerprint density at radius 1 is 0.900 bits per heavy atom. The molecule has 3 aromatic carbocycles. The Morgan fingerprint density at radius 2 is 1.57 bits per heavy atom. The van der Waals surface area contributed by atoms with Crippen LogP contribution in [-0.4, -0.2) is 35.6 Å². The van der Waals surface area contributed by atoms with Gasteiger partial charge in [-0.3, -0.25) is 14.6 Å². The second kappa shape index (κ2) is 7.84. The van der Waals surface area contributed by atoms with E-state index in [1.165, 1.54) is 11.1 Å². The Morgan fingerprint density at radius 3 is 2.27 bits per heavy atom. The van der Waals surface area contributed by atoms with Crippen LogP contribution in [0.25, 0.3) is 0 Å². The Bertz CT molecular complexity index is 1050. The fraction of sp³-hybridized carbons (Fsp3) is 0.240. The monoisotopic (exact) mass is 400 g/mol. The highest BCUT2D eigenvalue weighted by molar-refractivity contribution is 6.03. The van der Waals surface area contributed by atoms with Crippen molar-refractivity contribution < 1.29 is 14.6 Å². The van der Waals surface area contributed by atoms with Crippen LogP contribution in [0.3, 0.4) is 0 Å². The van der Waals surface area contributed by atoms with E-state index in [-0.39, 0.29) is 11.7 Å². The Hall–Kier alpha value is -3.31. The number of amides is 1. The third-order valence-electron chi connectivity index (χ3n) is 5.85. The number of benzene rings is 3. The number of nitrogens with zero attached hydrogens (tertiary/aromatic N) is 2. The lowest BCUT2D eigenvalue weighted by molar-refractivity contribution is -0.119. The number of fused-ring (bicyclic) bond motifs is 3. The molecule has 2 aliphatic rings. The van der Waals surface area contributed by atoms with Gasteiger partial charge in [-0.1, -0.05) is 42.5 Å². The van der Waals surface area contributed by atoms with Gasteiger partial charge in [0.25, 0.3) is 0 Å². The smallest absolute Gasteiger partial charge is 0.245 e. The highest BCUT2D eigenvalue weighted by atomic mass is 16.5. The number of carbonyl (C=O) groups excluding carboxylic acids is 1. The molecule has 30 heavy (non-hydrogen) atoms. The number of aryl methyl sites for hydroxylation is 2. The molecule has 2 heterocycles. The molecule has 0 aromatic heterocycles. The zero-order chi connectivity index (χ0) is 20.5. The van der Waals surface area contributed by atoms with Crippen LogP contribution in [0.4, 0.5) is 11.4 Å². The van der Waals surface area contributed by atoms with Gasteiger partial charge < -0.3 is 9.84 Å². The summed E-state index contributed by atoms with van der Waals surface area (Å²) in [5.74, 6) is 0.936. The molecule has 0 atom stereocenters. The van der Waals surface area contributed by atoms with Gasteiger partial charge in [-0.2, -0.15) is 0 Å². The molecule has 5 nitrogen and oxygen atoms in total. The van der Waals surface area contributed by atoms with Crippen molar-refractivity contribution in [2.24, 2.45) is 0 Å². The first-order chi connectivity index (χ1) is 14.7. The minimum atomic E-state index is 0.0547. The first kappa shape index (κ1) is 18.7. The Kier molecular flexibility index (Phi) is 4.89. The number of phenols is 1. The number of para-hydroxylation sites is 2. The van der Waals surface area contributed by atoms with E-state index in [4.69, 9.17) is 4.74 Å². The van der Waals surface area contributed by atoms with E-state index in [0.717, 1.165) is 29.8 Å². The average molecular weight is 400 g/mol. The molecule has 2 aliphatic heterocycles. The molecule has 152 valence electrons. The average Bonchev–Trinajstić information content (AvgIpc) is 3.05. The highest BCUT2D eigenvalue weighted by Crippen LogP contribution is 2.36. The fourth-order valence-corrected chi connectivity index (χ4v) is 4.36. The summed E-state index contributed by atoms with van der Waals surface area (Å²) in [5.41, 5.74) is 5.33. The van der Waals surface area contributed by atoms with Crippen LogP contribution in [0.15, 0.2) is 66.7 Å². The topological polar surface area (TPSA) is 53.0 Å². The first-order valence-corrected chi connectivity index (χ1v) is 10.3. The van der Waals surface area contributed by atoms with Gasteiger partial charge in [0.1, 0.15) is 18.1 Å². The number of phenolic OH excluding ortho intramolecular Hbond substituents is 1. The molecule has 1 amide bonds. The van der Waals surface area contributed by atoms with Crippen LogP contribution in [-0.2, 0) is 24.2 Å². The van der Waals surface area contributed by atoms with Crippen molar-refractivity contribution in [3.63, 3.8) is 0 Å². The van der Waals surface area contributed by atoms with Crippen molar-refractivity contribution in [2.75, 3.05) is 24.6 Å². The van der Waals surface area contributed by atoms with Gasteiger partial charge in [0.2, 0.25) is 5.91 Å². The fourth-order valence-electron chi connectivity index (χ4n) is 4.36. The molecule has 0 fully saturated rings. The second-order valence-electron chi connectivity index (χ2n) is 7.84. The van der Waals surface area contributed by atoms with Gasteiger partial charge in [0, 0.05) is 24.7 Å². The Balaban J connectivity index is 1.45. The van der Waals surface area contributed by atoms with E-state index in [1.807, 2.05) is 47.4 Å². The molecular weight excluding hydrogens is 376 g/mol. The maximum atomic E-state index is 13.6. The summed E-state index contributed by atoms with van der Waals surface area (Å²) in [6, 6.07) is 21.5. The lowest BCUT2D eigenvalue weighted by atomic mass is 10.0. The van der Waals surface area contributed by atoms with Gasteiger partial charge in [0.05, 0.1) is 17.9 Å². The van der Waals surface area contributed by atoms with Crippen LogP contribution < -0.4 is 9.64 Å². The standard InChI is InChI=1S/C25H24N2O3/c28-21-12-11-20-16-26(13-14-30-24(20)15-21)17-25(29)27-22-7-3-1-5-18(22)9-10-19-6-2-4-8-23(19)27/h1-8,11-12,15,28H,9-10,13-14,16-17H2. The van der Waals surface area contributed by atoms with Gasteiger partial charge >= 0.3 is 0 Å². The summed E-state index contributed by atoms with van der Waals surface area (Å²) < 4.78 is 5.79. The molecule has 0 spiro atoms. The maximum absolute atomic E-state index is 13.6. The molecule has 0 radical (unpaired) electrons. The van der Waals surface area contributed by atoms with Crippen molar-refractivity contribution in [3.05, 3.63) is 83.4 Å². The van der Waals surface area contributed by atoms with Gasteiger partial charge in [-0.25, -0.2) is 0 Å². The third kappa shape index (κ3) is 3.53. The molecule has 3 aromatic rings. The lowest BCUT2D eigenvalue weighted by Crippen LogP contribution is -2.39. The number of hydrogen-bond donors (Lipinski definition) is 1. The molecule has 0 unspecified atom stereocenters. The summed E-state index contributed by atoms with van der Waals surface area (Å²) in [6.45, 7) is 2.04. The lowest BCUT2D eigenvalue weighted by Gasteiger charge is -2.28. The first-order valence-electron chi connectivity index (χ1n) is 10.3. The predicted molar refractivity (Wildman–Crippen MR) is 116 cm³/mol. The molecular formula is C25H24N2O3. The van der Waals surface area contributed by atoms with E-state index >= 15 is 0 Å². The molecule has 5 heteroatoms. The van der Waals surface area contributed by atoms with Crippen LogP contribution in [0.2, 0.25) is 0 Å². The summed E-state index contributed by atoms with van der Waals surface area (Å²) >= 11 is 0. The van der Waals surface area contributed by atoms with Crippen molar-refractivity contribution in [1.82, 2.24) is 4.90 Å². The van der Waals surface area contributed by atoms with E-state index in [0.29, 0.717) is 32.0 Å². The van der Waals surface area contributed by atoms with Crippen LogP contribution in [0.1, 0.15) is 16.7 Å². The second-order valence-corrected chi connectivity index (χ2v) is 7.84. The van der Waals surface area contributed by atoms with Gasteiger partial charge in [-0.15, -0.1) is 0 Å². The molecule has 0 aliphatic carbocycles. The highest BCUT2D eigenvalue weighted by Gasteiger charge is 2.27. The minimum absolute atomic E-state index is 0.0547. The predicted octanol–water partition coefficient (Wildman–Crippen LogP) is 4.05. The van der Waals surface area contributed by atoms with E-state index in [2.05, 4.69) is 17.0 Å². The largest absolute Gasteiger partial charge is 0.508 e. The summed E-state index contributed by atoms with van der Waals surface area (Å²) in [6.07, 6.45) is 1.84. The van der Waals surface area contributed by atoms with Crippen LogP contribution >= 0.6 is 0 Å². The quantitative estimate of drug-likeness (QED) is 0.705. The van der Waals surface area contributed by atoms with Crippen molar-refractivity contribution in [1.29, 1.82) is 0 Å². The zero-order valence-electron chi connectivity index (χ0n) is 16.8. The summed E-state index contributed by atoms with van der Waals surface area (Å²) in [4.78, 5) is 17.6. The molecule has 0 bridgehead atoms. The molecule has 0 saturated heterocycles. The number of rotatable bonds is 2. The van der Waals surface area contributed by atoms with Gasteiger partial charge in [0.15, 0.2) is 0 Å². The maximum Gasteiger partial charge on any atom is 0.245 e. The van der Waals surface area contributed by atoms with Crippen molar-refractivity contribution in [3.8, 4) is 11.5 Å². The number of ether oxygens (including phenoxy) is 1. The Labute approximate surface area is 176 Å². The van der Waals surface area contributed by atoms with E-state index < -0.39 is 0 Å². The number of hydrogen-bond acceptors (Lipinski definition) is 4. The molecule has 5 rings (SSSR count). The zero-order valence-corrected chi connectivity index (χ0v) is 16.8. The normalized spacial score (nSPS) is 15.8. The van der Waals surface area contributed by atoms with Crippen LogP contribution in [0, 0.1) is 0 Å². The van der Waals surface area contributed by atoms with E-state index in [9.17, 15) is 9.90 Å².